The highest BCUT2D eigenvalue weighted by Gasteiger charge is 2.32. The Bertz CT molecular complexity index is 729. The van der Waals surface area contributed by atoms with Crippen LogP contribution < -0.4 is 5.32 Å². The number of benzene rings is 1. The van der Waals surface area contributed by atoms with Crippen LogP contribution in [0, 0.1) is 0 Å². The molecule has 0 radical (unpaired) electrons. The van der Waals surface area contributed by atoms with Gasteiger partial charge in [-0.25, -0.2) is 4.79 Å². The average molecular weight is 348 g/mol. The Morgan fingerprint density at radius 2 is 1.88 bits per heavy atom. The highest BCUT2D eigenvalue weighted by atomic mass is 16.6. The Balaban J connectivity index is 1.88. The van der Waals surface area contributed by atoms with Crippen molar-refractivity contribution < 1.29 is 33.4 Å². The molecule has 0 aliphatic carbocycles. The lowest BCUT2D eigenvalue weighted by Gasteiger charge is -2.25. The summed E-state index contributed by atoms with van der Waals surface area (Å²) >= 11 is 0. The lowest BCUT2D eigenvalue weighted by Crippen LogP contribution is -2.45. The maximum atomic E-state index is 12.3. The van der Waals surface area contributed by atoms with E-state index in [1.165, 1.54) is 0 Å². The van der Waals surface area contributed by atoms with Gasteiger partial charge in [-0.1, -0.05) is 18.2 Å². The molecular formula is C16H16N2O7. The Morgan fingerprint density at radius 3 is 2.60 bits per heavy atom. The van der Waals surface area contributed by atoms with Gasteiger partial charge in [0.25, 0.3) is 11.8 Å². The molecule has 9 nitrogen and oxygen atoms in total. The van der Waals surface area contributed by atoms with E-state index in [0.29, 0.717) is 11.1 Å². The molecule has 0 saturated carbocycles. The SMILES string of the molecule is CCOC(=O)NC(=O)COC(=O)CN1C(=O)Cc2ccccc2C1=O. The Labute approximate surface area is 142 Å². The van der Waals surface area contributed by atoms with E-state index in [1.54, 1.807) is 31.2 Å². The van der Waals surface area contributed by atoms with Crippen LogP contribution in [-0.4, -0.2) is 54.4 Å². The summed E-state index contributed by atoms with van der Waals surface area (Å²) in [5.41, 5.74) is 0.936. The van der Waals surface area contributed by atoms with Gasteiger partial charge in [0.15, 0.2) is 6.61 Å². The maximum absolute atomic E-state index is 12.3. The number of amides is 4. The summed E-state index contributed by atoms with van der Waals surface area (Å²) in [5.74, 6) is -2.95. The van der Waals surface area contributed by atoms with E-state index in [0.717, 1.165) is 4.90 Å². The standard InChI is InChI=1S/C16H16N2O7/c1-2-24-16(23)17-12(19)9-25-14(21)8-18-13(20)7-10-5-3-4-6-11(10)15(18)22/h3-6H,2,7-9H2,1H3,(H,17,19,23). The van der Waals surface area contributed by atoms with Gasteiger partial charge in [0, 0.05) is 5.56 Å². The molecule has 9 heteroatoms. The second-order valence-corrected chi connectivity index (χ2v) is 5.05. The first-order valence-corrected chi connectivity index (χ1v) is 7.47. The Kier molecular flexibility index (Phi) is 5.83. The summed E-state index contributed by atoms with van der Waals surface area (Å²) in [5, 5.41) is 1.85. The van der Waals surface area contributed by atoms with Crippen LogP contribution in [0.3, 0.4) is 0 Å². The quantitative estimate of drug-likeness (QED) is 0.589. The van der Waals surface area contributed by atoms with Gasteiger partial charge >= 0.3 is 12.1 Å². The number of rotatable bonds is 5. The summed E-state index contributed by atoms with van der Waals surface area (Å²) in [6, 6.07) is 6.60. The molecule has 4 amide bonds. The molecule has 1 N–H and O–H groups in total. The summed E-state index contributed by atoms with van der Waals surface area (Å²) in [6.07, 6.45) is -0.958. The molecule has 0 spiro atoms. The number of esters is 1. The predicted molar refractivity (Wildman–Crippen MR) is 82.3 cm³/mol. The summed E-state index contributed by atoms with van der Waals surface area (Å²) < 4.78 is 9.16. The molecule has 1 aliphatic heterocycles. The molecule has 0 atom stereocenters. The topological polar surface area (TPSA) is 119 Å². The zero-order chi connectivity index (χ0) is 18.4. The van der Waals surface area contributed by atoms with Gasteiger partial charge in [0.2, 0.25) is 5.91 Å². The van der Waals surface area contributed by atoms with Gasteiger partial charge in [-0.2, -0.15) is 0 Å². The van der Waals surface area contributed by atoms with E-state index < -0.39 is 42.9 Å². The lowest BCUT2D eigenvalue weighted by molar-refractivity contribution is -0.151. The highest BCUT2D eigenvalue weighted by Crippen LogP contribution is 2.19. The number of imide groups is 2. The Morgan fingerprint density at radius 1 is 1.16 bits per heavy atom. The molecule has 2 rings (SSSR count). The van der Waals surface area contributed by atoms with Crippen LogP contribution in [0.5, 0.6) is 0 Å². The van der Waals surface area contributed by atoms with Crippen LogP contribution in [0.25, 0.3) is 0 Å². The number of nitrogens with zero attached hydrogens (tertiary/aromatic N) is 1. The second kappa shape index (κ2) is 8.04. The van der Waals surface area contributed by atoms with E-state index in [1.807, 2.05) is 5.32 Å². The first kappa shape index (κ1) is 18.1. The van der Waals surface area contributed by atoms with Crippen molar-refractivity contribution in [2.24, 2.45) is 0 Å². The fraction of sp³-hybridized carbons (Fsp3) is 0.312. The van der Waals surface area contributed by atoms with E-state index in [9.17, 15) is 24.0 Å². The third-order valence-electron chi connectivity index (χ3n) is 3.30. The molecule has 0 aromatic heterocycles. The molecule has 1 aliphatic rings. The average Bonchev–Trinajstić information content (AvgIpc) is 2.57. The first-order valence-electron chi connectivity index (χ1n) is 7.47. The van der Waals surface area contributed by atoms with Gasteiger partial charge in [0.05, 0.1) is 13.0 Å². The molecule has 0 saturated heterocycles. The first-order chi connectivity index (χ1) is 11.9. The predicted octanol–water partition coefficient (Wildman–Crippen LogP) is 0.0274. The van der Waals surface area contributed by atoms with Gasteiger partial charge in [0.1, 0.15) is 6.54 Å². The Hall–Kier alpha value is -3.23. The van der Waals surface area contributed by atoms with Crippen molar-refractivity contribution in [1.82, 2.24) is 10.2 Å². The van der Waals surface area contributed by atoms with Gasteiger partial charge < -0.3 is 9.47 Å². The van der Waals surface area contributed by atoms with Crippen molar-refractivity contribution in [2.45, 2.75) is 13.3 Å². The fourth-order valence-corrected chi connectivity index (χ4v) is 2.20. The second-order valence-electron chi connectivity index (χ2n) is 5.05. The largest absolute Gasteiger partial charge is 0.454 e. The minimum absolute atomic E-state index is 0.00145. The van der Waals surface area contributed by atoms with Crippen LogP contribution in [0.15, 0.2) is 24.3 Å². The molecular weight excluding hydrogens is 332 g/mol. The van der Waals surface area contributed by atoms with Crippen LogP contribution in [0.4, 0.5) is 4.79 Å². The van der Waals surface area contributed by atoms with E-state index in [-0.39, 0.29) is 13.0 Å². The smallest absolute Gasteiger partial charge is 0.413 e. The van der Waals surface area contributed by atoms with Crippen LogP contribution in [0.1, 0.15) is 22.8 Å². The normalized spacial score (nSPS) is 13.1. The summed E-state index contributed by atoms with van der Waals surface area (Å²) in [4.78, 5) is 59.2. The minimum Gasteiger partial charge on any atom is -0.454 e. The van der Waals surface area contributed by atoms with Gasteiger partial charge in [-0.3, -0.25) is 29.4 Å². The van der Waals surface area contributed by atoms with Gasteiger partial charge in [-0.15, -0.1) is 0 Å². The van der Waals surface area contributed by atoms with Crippen molar-refractivity contribution in [3.63, 3.8) is 0 Å². The van der Waals surface area contributed by atoms with Crippen LogP contribution in [-0.2, 0) is 30.3 Å². The number of hydrogen-bond donors (Lipinski definition) is 1. The van der Waals surface area contributed by atoms with Gasteiger partial charge in [-0.05, 0) is 18.6 Å². The molecule has 0 fully saturated rings. The maximum Gasteiger partial charge on any atom is 0.413 e. The third kappa shape index (κ3) is 4.63. The van der Waals surface area contributed by atoms with Crippen LogP contribution in [0.2, 0.25) is 0 Å². The van der Waals surface area contributed by atoms with Crippen LogP contribution >= 0.6 is 0 Å². The van der Waals surface area contributed by atoms with Crippen molar-refractivity contribution in [3.8, 4) is 0 Å². The number of hydrogen-bond acceptors (Lipinski definition) is 7. The number of carbonyl (C=O) groups is 5. The number of carbonyl (C=O) groups excluding carboxylic acids is 5. The molecule has 25 heavy (non-hydrogen) atoms. The van der Waals surface area contributed by atoms with Crippen molar-refractivity contribution in [3.05, 3.63) is 35.4 Å². The fourth-order valence-electron chi connectivity index (χ4n) is 2.20. The number of fused-ring (bicyclic) bond motifs is 1. The summed E-state index contributed by atoms with van der Waals surface area (Å²) in [7, 11) is 0. The lowest BCUT2D eigenvalue weighted by atomic mass is 9.98. The minimum atomic E-state index is -0.957. The zero-order valence-electron chi connectivity index (χ0n) is 13.4. The van der Waals surface area contributed by atoms with Crippen molar-refractivity contribution in [2.75, 3.05) is 19.8 Å². The number of ether oxygens (including phenoxy) is 2. The number of alkyl carbamates (subject to hydrolysis) is 1. The zero-order valence-corrected chi connectivity index (χ0v) is 13.4. The van der Waals surface area contributed by atoms with Crippen molar-refractivity contribution in [1.29, 1.82) is 0 Å². The highest BCUT2D eigenvalue weighted by molar-refractivity contribution is 6.11. The monoisotopic (exact) mass is 348 g/mol. The molecule has 1 aromatic rings. The third-order valence-corrected chi connectivity index (χ3v) is 3.30. The molecule has 1 heterocycles. The molecule has 1 aromatic carbocycles. The van der Waals surface area contributed by atoms with E-state index >= 15 is 0 Å². The molecule has 0 bridgehead atoms. The van der Waals surface area contributed by atoms with E-state index in [4.69, 9.17) is 0 Å². The van der Waals surface area contributed by atoms with E-state index in [2.05, 4.69) is 9.47 Å². The molecule has 132 valence electrons. The summed E-state index contributed by atoms with van der Waals surface area (Å²) in [6.45, 7) is 0.303. The molecule has 0 unspecified atom stereocenters. The number of nitrogens with one attached hydrogen (secondary N) is 1. The van der Waals surface area contributed by atoms with Crippen molar-refractivity contribution >= 4 is 29.8 Å².